The number of aryl methyl sites for hydroxylation is 1. The minimum Gasteiger partial charge on any atom is -0.481 e. The Morgan fingerprint density at radius 3 is 2.65 bits per heavy atom. The fourth-order valence-corrected chi connectivity index (χ4v) is 2.96. The van der Waals surface area contributed by atoms with Gasteiger partial charge in [0.15, 0.2) is 0 Å². The molecule has 4 nitrogen and oxygen atoms in total. The minimum absolute atomic E-state index is 0.0298. The topological polar surface area (TPSA) is 57.6 Å². The van der Waals surface area contributed by atoms with Crippen molar-refractivity contribution < 1.29 is 14.7 Å². The summed E-state index contributed by atoms with van der Waals surface area (Å²) < 4.78 is 0. The maximum atomic E-state index is 12.5. The highest BCUT2D eigenvalue weighted by molar-refractivity contribution is 6.30. The van der Waals surface area contributed by atoms with Gasteiger partial charge in [0.25, 0.3) is 5.91 Å². The van der Waals surface area contributed by atoms with Crippen LogP contribution >= 0.6 is 11.6 Å². The summed E-state index contributed by atoms with van der Waals surface area (Å²) in [5.41, 5.74) is 1.48. The van der Waals surface area contributed by atoms with Crippen LogP contribution in [0.3, 0.4) is 0 Å². The molecule has 5 heteroatoms. The molecule has 1 N–H and O–H groups in total. The van der Waals surface area contributed by atoms with Crippen LogP contribution in [-0.4, -0.2) is 35.0 Å². The van der Waals surface area contributed by atoms with E-state index in [0.717, 1.165) is 5.56 Å². The molecule has 0 radical (unpaired) electrons. The highest BCUT2D eigenvalue weighted by Gasteiger charge is 2.33. The Hall–Kier alpha value is -1.55. The SMILES string of the molecule is Cc1cc(Cl)ccc1C(=O)N1CCC(C(=O)O)C(C)C1. The summed E-state index contributed by atoms with van der Waals surface area (Å²) in [7, 11) is 0. The Balaban J connectivity index is 2.13. The lowest BCUT2D eigenvalue weighted by atomic mass is 9.86. The average molecular weight is 296 g/mol. The highest BCUT2D eigenvalue weighted by atomic mass is 35.5. The third-order valence-corrected chi connectivity index (χ3v) is 4.16. The number of benzene rings is 1. The molecule has 0 saturated carbocycles. The lowest BCUT2D eigenvalue weighted by Gasteiger charge is -2.35. The molecule has 20 heavy (non-hydrogen) atoms. The van der Waals surface area contributed by atoms with Gasteiger partial charge in [-0.2, -0.15) is 0 Å². The molecule has 1 aromatic carbocycles. The third kappa shape index (κ3) is 2.96. The van der Waals surface area contributed by atoms with Crippen molar-refractivity contribution in [1.29, 1.82) is 0 Å². The standard InChI is InChI=1S/C15H18ClNO3/c1-9-7-11(16)3-4-12(9)14(18)17-6-5-13(15(19)20)10(2)8-17/h3-4,7,10,13H,5-6,8H2,1-2H3,(H,19,20). The van der Waals surface area contributed by atoms with Crippen molar-refractivity contribution in [2.45, 2.75) is 20.3 Å². The normalized spacial score (nSPS) is 22.6. The van der Waals surface area contributed by atoms with Crippen molar-refractivity contribution in [3.63, 3.8) is 0 Å². The van der Waals surface area contributed by atoms with E-state index in [1.54, 1.807) is 23.1 Å². The summed E-state index contributed by atoms with van der Waals surface area (Å²) in [6, 6.07) is 5.20. The highest BCUT2D eigenvalue weighted by Crippen LogP contribution is 2.25. The van der Waals surface area contributed by atoms with Crippen molar-refractivity contribution in [2.24, 2.45) is 11.8 Å². The number of aliphatic carboxylic acids is 1. The molecule has 1 fully saturated rings. The molecule has 1 aliphatic heterocycles. The van der Waals surface area contributed by atoms with Gasteiger partial charge in [-0.1, -0.05) is 18.5 Å². The first-order valence-corrected chi connectivity index (χ1v) is 7.06. The molecule has 0 bridgehead atoms. The van der Waals surface area contributed by atoms with E-state index in [9.17, 15) is 9.59 Å². The van der Waals surface area contributed by atoms with Crippen LogP contribution in [0.15, 0.2) is 18.2 Å². The van der Waals surface area contributed by atoms with E-state index in [4.69, 9.17) is 16.7 Å². The van der Waals surface area contributed by atoms with Crippen molar-refractivity contribution in [3.05, 3.63) is 34.3 Å². The van der Waals surface area contributed by atoms with Crippen LogP contribution in [0, 0.1) is 18.8 Å². The molecule has 1 saturated heterocycles. The van der Waals surface area contributed by atoms with E-state index in [-0.39, 0.29) is 17.7 Å². The average Bonchev–Trinajstić information content (AvgIpc) is 2.37. The zero-order chi connectivity index (χ0) is 14.9. The molecule has 2 atom stereocenters. The number of amides is 1. The van der Waals surface area contributed by atoms with Gasteiger partial charge in [-0.3, -0.25) is 9.59 Å². The molecule has 1 heterocycles. The number of hydrogen-bond donors (Lipinski definition) is 1. The van der Waals surface area contributed by atoms with E-state index in [2.05, 4.69) is 0 Å². The Morgan fingerprint density at radius 2 is 2.10 bits per heavy atom. The number of carbonyl (C=O) groups is 2. The molecule has 2 unspecified atom stereocenters. The van der Waals surface area contributed by atoms with Crippen LogP contribution in [0.5, 0.6) is 0 Å². The van der Waals surface area contributed by atoms with Crippen molar-refractivity contribution in [1.82, 2.24) is 4.90 Å². The number of nitrogens with zero attached hydrogens (tertiary/aromatic N) is 1. The van der Waals surface area contributed by atoms with Gasteiger partial charge < -0.3 is 10.0 Å². The second-order valence-corrected chi connectivity index (χ2v) is 5.86. The first-order valence-electron chi connectivity index (χ1n) is 6.68. The number of carboxylic acids is 1. The zero-order valence-electron chi connectivity index (χ0n) is 11.6. The Morgan fingerprint density at radius 1 is 1.40 bits per heavy atom. The predicted octanol–water partition coefficient (Wildman–Crippen LogP) is 2.83. The predicted molar refractivity (Wildman–Crippen MR) is 77.0 cm³/mol. The van der Waals surface area contributed by atoms with E-state index in [1.165, 1.54) is 0 Å². The molecule has 1 aliphatic rings. The van der Waals surface area contributed by atoms with E-state index < -0.39 is 5.97 Å². The van der Waals surface area contributed by atoms with Crippen LogP contribution in [0.25, 0.3) is 0 Å². The summed E-state index contributed by atoms with van der Waals surface area (Å²) in [5.74, 6) is -1.20. The molecular formula is C15H18ClNO3. The van der Waals surface area contributed by atoms with Gasteiger partial charge in [0, 0.05) is 23.7 Å². The summed E-state index contributed by atoms with van der Waals surface area (Å²) in [6.45, 7) is 4.71. The monoisotopic (exact) mass is 295 g/mol. The van der Waals surface area contributed by atoms with Crippen LogP contribution in [0.2, 0.25) is 5.02 Å². The van der Waals surface area contributed by atoms with Crippen molar-refractivity contribution in [3.8, 4) is 0 Å². The summed E-state index contributed by atoms with van der Waals surface area (Å²) in [6.07, 6.45) is 0.509. The second-order valence-electron chi connectivity index (χ2n) is 5.42. The number of rotatable bonds is 2. The van der Waals surface area contributed by atoms with E-state index in [0.29, 0.717) is 30.1 Å². The lowest BCUT2D eigenvalue weighted by molar-refractivity contribution is -0.145. The first kappa shape index (κ1) is 14.9. The summed E-state index contributed by atoms with van der Waals surface area (Å²) in [5, 5.41) is 9.72. The molecule has 0 spiro atoms. The first-order chi connectivity index (χ1) is 9.40. The largest absolute Gasteiger partial charge is 0.481 e. The molecule has 108 valence electrons. The van der Waals surface area contributed by atoms with Gasteiger partial charge in [0.05, 0.1) is 5.92 Å². The quantitative estimate of drug-likeness (QED) is 0.913. The minimum atomic E-state index is -0.771. The summed E-state index contributed by atoms with van der Waals surface area (Å²) >= 11 is 5.89. The van der Waals surface area contributed by atoms with Gasteiger partial charge in [-0.15, -0.1) is 0 Å². The Bertz CT molecular complexity index is 544. The van der Waals surface area contributed by atoms with Crippen LogP contribution < -0.4 is 0 Å². The van der Waals surface area contributed by atoms with Gasteiger partial charge in [-0.25, -0.2) is 0 Å². The number of hydrogen-bond acceptors (Lipinski definition) is 2. The number of likely N-dealkylation sites (tertiary alicyclic amines) is 1. The molecule has 1 aromatic rings. The van der Waals surface area contributed by atoms with Crippen LogP contribution in [0.1, 0.15) is 29.3 Å². The molecular weight excluding hydrogens is 278 g/mol. The number of carboxylic acid groups (broad SMARTS) is 1. The van der Waals surface area contributed by atoms with Crippen molar-refractivity contribution >= 4 is 23.5 Å². The molecule has 2 rings (SSSR count). The van der Waals surface area contributed by atoms with Gasteiger partial charge in [0.1, 0.15) is 0 Å². The summed E-state index contributed by atoms with van der Waals surface area (Å²) in [4.78, 5) is 25.3. The molecule has 0 aromatic heterocycles. The number of halogens is 1. The number of carbonyl (C=O) groups excluding carboxylic acids is 1. The van der Waals surface area contributed by atoms with Gasteiger partial charge >= 0.3 is 5.97 Å². The molecule has 0 aliphatic carbocycles. The maximum Gasteiger partial charge on any atom is 0.306 e. The fraction of sp³-hybridized carbons (Fsp3) is 0.467. The van der Waals surface area contributed by atoms with Crippen LogP contribution in [-0.2, 0) is 4.79 Å². The van der Waals surface area contributed by atoms with Gasteiger partial charge in [-0.05, 0) is 43.0 Å². The van der Waals surface area contributed by atoms with E-state index >= 15 is 0 Å². The Labute approximate surface area is 123 Å². The lowest BCUT2D eigenvalue weighted by Crippen LogP contribution is -2.45. The van der Waals surface area contributed by atoms with Crippen molar-refractivity contribution in [2.75, 3.05) is 13.1 Å². The fourth-order valence-electron chi connectivity index (χ4n) is 2.73. The molecule has 1 amide bonds. The number of piperidine rings is 1. The maximum absolute atomic E-state index is 12.5. The Kier molecular flexibility index (Phi) is 4.33. The third-order valence-electron chi connectivity index (χ3n) is 3.93. The van der Waals surface area contributed by atoms with Gasteiger partial charge in [0.2, 0.25) is 0 Å². The van der Waals surface area contributed by atoms with Crippen LogP contribution in [0.4, 0.5) is 0 Å². The van der Waals surface area contributed by atoms with E-state index in [1.807, 2.05) is 13.8 Å². The second kappa shape index (κ2) is 5.83. The zero-order valence-corrected chi connectivity index (χ0v) is 12.4. The smallest absolute Gasteiger partial charge is 0.306 e.